The third-order valence-electron chi connectivity index (χ3n) is 3.74. The summed E-state index contributed by atoms with van der Waals surface area (Å²) >= 11 is 0. The normalized spacial score (nSPS) is 11.3. The van der Waals surface area contributed by atoms with Crippen LogP contribution < -0.4 is 5.73 Å². The molecule has 2 N–H and O–H groups in total. The van der Waals surface area contributed by atoms with Crippen molar-refractivity contribution in [1.29, 1.82) is 0 Å². The first-order valence-corrected chi connectivity index (χ1v) is 9.34. The first kappa shape index (κ1) is 21.6. The molecular formula is C18H25ClN2O3S. The summed E-state index contributed by atoms with van der Waals surface area (Å²) in [6.07, 6.45) is 0.655. The van der Waals surface area contributed by atoms with Gasteiger partial charge < -0.3 is 10.5 Å². The molecule has 0 heterocycles. The van der Waals surface area contributed by atoms with Gasteiger partial charge in [0.2, 0.25) is 10.0 Å². The van der Waals surface area contributed by atoms with E-state index in [-0.39, 0.29) is 23.8 Å². The molecular weight excluding hydrogens is 360 g/mol. The van der Waals surface area contributed by atoms with E-state index in [4.69, 9.17) is 10.5 Å². The van der Waals surface area contributed by atoms with Crippen LogP contribution >= 0.6 is 12.4 Å². The monoisotopic (exact) mass is 384 g/mol. The predicted molar refractivity (Wildman–Crippen MR) is 102 cm³/mol. The van der Waals surface area contributed by atoms with Crippen LogP contribution in [-0.2, 0) is 27.8 Å². The largest absolute Gasteiger partial charge is 0.380 e. The number of nitrogens with zero attached hydrogens (tertiary/aromatic N) is 1. The highest BCUT2D eigenvalue weighted by molar-refractivity contribution is 7.89. The molecule has 0 aromatic heterocycles. The van der Waals surface area contributed by atoms with Gasteiger partial charge in [0, 0.05) is 26.7 Å². The van der Waals surface area contributed by atoms with E-state index in [1.165, 1.54) is 4.31 Å². The minimum atomic E-state index is -3.55. The summed E-state index contributed by atoms with van der Waals surface area (Å²) < 4.78 is 32.2. The van der Waals surface area contributed by atoms with Crippen molar-refractivity contribution in [2.45, 2.75) is 17.9 Å². The molecule has 0 atom stereocenters. The molecule has 0 bridgehead atoms. The maximum atomic E-state index is 12.9. The van der Waals surface area contributed by atoms with E-state index in [9.17, 15) is 8.42 Å². The van der Waals surface area contributed by atoms with E-state index in [1.54, 1.807) is 31.4 Å². The Morgan fingerprint density at radius 1 is 0.960 bits per heavy atom. The lowest BCUT2D eigenvalue weighted by molar-refractivity contribution is 0.185. The highest BCUT2D eigenvalue weighted by Gasteiger charge is 2.23. The second-order valence-electron chi connectivity index (χ2n) is 5.51. The topological polar surface area (TPSA) is 72.6 Å². The molecule has 2 rings (SSSR count). The Balaban J connectivity index is 0.00000312. The fourth-order valence-corrected chi connectivity index (χ4v) is 3.92. The molecule has 2 aromatic rings. The van der Waals surface area contributed by atoms with Crippen LogP contribution in [0, 0.1) is 0 Å². The molecule has 25 heavy (non-hydrogen) atoms. The number of hydrogen-bond acceptors (Lipinski definition) is 4. The zero-order chi connectivity index (χ0) is 17.4. The average molecular weight is 385 g/mol. The van der Waals surface area contributed by atoms with Crippen molar-refractivity contribution in [3.8, 4) is 0 Å². The van der Waals surface area contributed by atoms with Gasteiger partial charge >= 0.3 is 0 Å². The van der Waals surface area contributed by atoms with Gasteiger partial charge in [-0.3, -0.25) is 0 Å². The van der Waals surface area contributed by atoms with Crippen molar-refractivity contribution < 1.29 is 13.2 Å². The van der Waals surface area contributed by atoms with Gasteiger partial charge in [-0.2, -0.15) is 4.31 Å². The Kier molecular flexibility index (Phi) is 9.10. The Hall–Kier alpha value is -1.44. The lowest BCUT2D eigenvalue weighted by atomic mass is 10.1. The van der Waals surface area contributed by atoms with Gasteiger partial charge in [0.15, 0.2) is 0 Å². The molecule has 0 radical (unpaired) electrons. The second kappa shape index (κ2) is 10.5. The standard InChI is InChI=1S/C18H24N2O3S.ClH/c1-23-15-17-7-9-18(10-8-17)24(21,22)20(14-12-19)13-11-16-5-3-2-4-6-16;/h2-10H,11-15,19H2,1H3;1H. The summed E-state index contributed by atoms with van der Waals surface area (Å²) in [4.78, 5) is 0.281. The Morgan fingerprint density at radius 3 is 2.16 bits per heavy atom. The number of methoxy groups -OCH3 is 1. The van der Waals surface area contributed by atoms with Gasteiger partial charge in [-0.05, 0) is 29.7 Å². The molecule has 2 aromatic carbocycles. The molecule has 138 valence electrons. The van der Waals surface area contributed by atoms with Crippen LogP contribution in [0.4, 0.5) is 0 Å². The van der Waals surface area contributed by atoms with Crippen molar-refractivity contribution >= 4 is 22.4 Å². The molecule has 0 spiro atoms. The zero-order valence-electron chi connectivity index (χ0n) is 14.3. The summed E-state index contributed by atoms with van der Waals surface area (Å²) in [5.41, 5.74) is 7.65. The maximum Gasteiger partial charge on any atom is 0.243 e. The van der Waals surface area contributed by atoms with Crippen LogP contribution in [0.25, 0.3) is 0 Å². The molecule has 0 unspecified atom stereocenters. The van der Waals surface area contributed by atoms with Gasteiger partial charge in [0.1, 0.15) is 0 Å². The van der Waals surface area contributed by atoms with Gasteiger partial charge in [-0.1, -0.05) is 42.5 Å². The fraction of sp³-hybridized carbons (Fsp3) is 0.333. The van der Waals surface area contributed by atoms with Crippen molar-refractivity contribution in [2.75, 3.05) is 26.7 Å². The van der Waals surface area contributed by atoms with E-state index < -0.39 is 10.0 Å². The lowest BCUT2D eigenvalue weighted by Gasteiger charge is -2.21. The molecule has 0 aliphatic heterocycles. The van der Waals surface area contributed by atoms with Crippen LogP contribution in [0.3, 0.4) is 0 Å². The van der Waals surface area contributed by atoms with E-state index in [0.717, 1.165) is 11.1 Å². The molecule has 7 heteroatoms. The Labute approximate surface area is 156 Å². The second-order valence-corrected chi connectivity index (χ2v) is 7.44. The highest BCUT2D eigenvalue weighted by atomic mass is 35.5. The highest BCUT2D eigenvalue weighted by Crippen LogP contribution is 2.17. The number of ether oxygens (including phenoxy) is 1. The molecule has 5 nitrogen and oxygen atoms in total. The van der Waals surface area contributed by atoms with Crippen molar-refractivity contribution in [3.63, 3.8) is 0 Å². The molecule has 0 aliphatic carbocycles. The van der Waals surface area contributed by atoms with Gasteiger partial charge in [0.05, 0.1) is 11.5 Å². The smallest absolute Gasteiger partial charge is 0.243 e. The maximum absolute atomic E-state index is 12.9. The number of benzene rings is 2. The van der Waals surface area contributed by atoms with Crippen LogP contribution in [0.1, 0.15) is 11.1 Å². The number of hydrogen-bond donors (Lipinski definition) is 1. The van der Waals surface area contributed by atoms with Crippen LogP contribution in [-0.4, -0.2) is 39.5 Å². The van der Waals surface area contributed by atoms with E-state index in [2.05, 4.69) is 0 Å². The van der Waals surface area contributed by atoms with E-state index >= 15 is 0 Å². The molecule has 0 amide bonds. The number of halogens is 1. The summed E-state index contributed by atoms with van der Waals surface area (Å²) in [5.74, 6) is 0. The quantitative estimate of drug-likeness (QED) is 0.720. The van der Waals surface area contributed by atoms with Crippen LogP contribution in [0.15, 0.2) is 59.5 Å². The minimum absolute atomic E-state index is 0. The number of nitrogens with two attached hydrogens (primary N) is 1. The summed E-state index contributed by atoms with van der Waals surface area (Å²) in [6.45, 7) is 1.45. The summed E-state index contributed by atoms with van der Waals surface area (Å²) in [7, 11) is -1.94. The van der Waals surface area contributed by atoms with Gasteiger partial charge in [-0.25, -0.2) is 8.42 Å². The van der Waals surface area contributed by atoms with Crippen molar-refractivity contribution in [3.05, 3.63) is 65.7 Å². The molecule has 0 saturated carbocycles. The van der Waals surface area contributed by atoms with Gasteiger partial charge in [-0.15, -0.1) is 12.4 Å². The summed E-state index contributed by atoms with van der Waals surface area (Å²) in [6, 6.07) is 16.6. The first-order valence-electron chi connectivity index (χ1n) is 7.90. The van der Waals surface area contributed by atoms with Crippen LogP contribution in [0.5, 0.6) is 0 Å². The van der Waals surface area contributed by atoms with Gasteiger partial charge in [0.25, 0.3) is 0 Å². The fourth-order valence-electron chi connectivity index (χ4n) is 2.47. The number of sulfonamides is 1. The molecule has 0 saturated heterocycles. The average Bonchev–Trinajstić information content (AvgIpc) is 2.60. The minimum Gasteiger partial charge on any atom is -0.380 e. The Bertz CT molecular complexity index is 722. The van der Waals surface area contributed by atoms with Crippen molar-refractivity contribution in [1.82, 2.24) is 4.31 Å². The van der Waals surface area contributed by atoms with E-state index in [0.29, 0.717) is 26.1 Å². The first-order chi connectivity index (χ1) is 11.6. The van der Waals surface area contributed by atoms with E-state index in [1.807, 2.05) is 30.3 Å². The zero-order valence-corrected chi connectivity index (χ0v) is 15.9. The lowest BCUT2D eigenvalue weighted by Crippen LogP contribution is -2.36. The molecule has 0 fully saturated rings. The van der Waals surface area contributed by atoms with Crippen LogP contribution in [0.2, 0.25) is 0 Å². The summed E-state index contributed by atoms with van der Waals surface area (Å²) in [5, 5.41) is 0. The van der Waals surface area contributed by atoms with Crippen molar-refractivity contribution in [2.24, 2.45) is 5.73 Å². The third kappa shape index (κ3) is 6.09. The molecule has 0 aliphatic rings. The third-order valence-corrected chi connectivity index (χ3v) is 5.66. The number of rotatable bonds is 9. The Morgan fingerprint density at radius 2 is 1.60 bits per heavy atom. The SMILES string of the molecule is COCc1ccc(S(=O)(=O)N(CCN)CCc2ccccc2)cc1.Cl. The predicted octanol–water partition coefficient (Wildman–Crippen LogP) is 2.45.